The second kappa shape index (κ2) is 8.83. The van der Waals surface area contributed by atoms with Crippen molar-refractivity contribution in [2.75, 3.05) is 19.6 Å². The van der Waals surface area contributed by atoms with E-state index in [2.05, 4.69) is 5.32 Å². The average Bonchev–Trinajstić information content (AvgIpc) is 2.60. The SMILES string of the molecule is CCCC(O)CNC(=O)C1CCCN(C(=O)c2ccc(C)cc2)C1. The number of nitrogens with zero attached hydrogens (tertiary/aromatic N) is 1. The first-order chi connectivity index (χ1) is 11.5. The zero-order chi connectivity index (χ0) is 17.5. The second-order valence-electron chi connectivity index (χ2n) is 6.64. The molecule has 132 valence electrons. The summed E-state index contributed by atoms with van der Waals surface area (Å²) in [5, 5.41) is 12.5. The smallest absolute Gasteiger partial charge is 0.253 e. The molecule has 0 aliphatic carbocycles. The van der Waals surface area contributed by atoms with Gasteiger partial charge < -0.3 is 15.3 Å². The lowest BCUT2D eigenvalue weighted by Crippen LogP contribution is -2.46. The van der Waals surface area contributed by atoms with E-state index in [1.165, 1.54) is 0 Å². The van der Waals surface area contributed by atoms with Crippen LogP contribution < -0.4 is 5.32 Å². The summed E-state index contributed by atoms with van der Waals surface area (Å²) in [5.41, 5.74) is 1.79. The summed E-state index contributed by atoms with van der Waals surface area (Å²) in [6, 6.07) is 7.53. The summed E-state index contributed by atoms with van der Waals surface area (Å²) < 4.78 is 0. The third kappa shape index (κ3) is 5.06. The van der Waals surface area contributed by atoms with Crippen LogP contribution in [0.2, 0.25) is 0 Å². The van der Waals surface area contributed by atoms with Crippen molar-refractivity contribution in [1.29, 1.82) is 0 Å². The van der Waals surface area contributed by atoms with Gasteiger partial charge in [0.15, 0.2) is 0 Å². The van der Waals surface area contributed by atoms with Gasteiger partial charge in [0.05, 0.1) is 12.0 Å². The zero-order valence-electron chi connectivity index (χ0n) is 14.6. The molecule has 2 unspecified atom stereocenters. The quantitative estimate of drug-likeness (QED) is 0.838. The maximum Gasteiger partial charge on any atom is 0.253 e. The van der Waals surface area contributed by atoms with Gasteiger partial charge in [0.2, 0.25) is 5.91 Å². The summed E-state index contributed by atoms with van der Waals surface area (Å²) >= 11 is 0. The number of benzene rings is 1. The standard InChI is InChI=1S/C19H28N2O3/c1-3-5-17(22)12-20-18(23)16-6-4-11-21(13-16)19(24)15-9-7-14(2)8-10-15/h7-10,16-17,22H,3-6,11-13H2,1-2H3,(H,20,23). The van der Waals surface area contributed by atoms with Crippen LogP contribution in [0.3, 0.4) is 0 Å². The number of carbonyl (C=O) groups excluding carboxylic acids is 2. The Morgan fingerprint density at radius 1 is 1.33 bits per heavy atom. The van der Waals surface area contributed by atoms with Crippen molar-refractivity contribution in [2.45, 2.75) is 45.6 Å². The minimum absolute atomic E-state index is 0.0153. The van der Waals surface area contributed by atoms with Crippen molar-refractivity contribution in [1.82, 2.24) is 10.2 Å². The molecule has 2 atom stereocenters. The fourth-order valence-corrected chi connectivity index (χ4v) is 3.05. The van der Waals surface area contributed by atoms with Crippen LogP contribution in [0.15, 0.2) is 24.3 Å². The molecule has 0 radical (unpaired) electrons. The molecule has 2 rings (SSSR count). The number of carbonyl (C=O) groups is 2. The van der Waals surface area contributed by atoms with Gasteiger partial charge in [-0.15, -0.1) is 0 Å². The average molecular weight is 332 g/mol. The number of rotatable bonds is 6. The zero-order valence-corrected chi connectivity index (χ0v) is 14.6. The van der Waals surface area contributed by atoms with E-state index in [-0.39, 0.29) is 24.3 Å². The molecule has 0 bridgehead atoms. The highest BCUT2D eigenvalue weighted by Crippen LogP contribution is 2.19. The summed E-state index contributed by atoms with van der Waals surface area (Å²) in [6.45, 7) is 5.41. The molecule has 1 aliphatic rings. The number of likely N-dealkylation sites (tertiary alicyclic amines) is 1. The maximum atomic E-state index is 12.6. The van der Waals surface area contributed by atoms with Gasteiger partial charge in [-0.2, -0.15) is 0 Å². The first-order valence-electron chi connectivity index (χ1n) is 8.83. The predicted molar refractivity (Wildman–Crippen MR) is 93.7 cm³/mol. The highest BCUT2D eigenvalue weighted by atomic mass is 16.3. The van der Waals surface area contributed by atoms with Crippen molar-refractivity contribution in [3.05, 3.63) is 35.4 Å². The van der Waals surface area contributed by atoms with E-state index in [9.17, 15) is 14.7 Å². The molecule has 24 heavy (non-hydrogen) atoms. The third-order valence-corrected chi connectivity index (χ3v) is 4.51. The Balaban J connectivity index is 1.90. The molecule has 2 N–H and O–H groups in total. The van der Waals surface area contributed by atoms with Crippen LogP contribution in [-0.2, 0) is 4.79 Å². The number of aliphatic hydroxyl groups is 1. The molecule has 5 nitrogen and oxygen atoms in total. The van der Waals surface area contributed by atoms with E-state index < -0.39 is 6.10 Å². The van der Waals surface area contributed by atoms with E-state index in [4.69, 9.17) is 0 Å². The maximum absolute atomic E-state index is 12.6. The minimum Gasteiger partial charge on any atom is -0.391 e. The van der Waals surface area contributed by atoms with Crippen LogP contribution >= 0.6 is 0 Å². The number of hydrogen-bond donors (Lipinski definition) is 2. The van der Waals surface area contributed by atoms with Crippen molar-refractivity contribution in [3.63, 3.8) is 0 Å². The molecule has 1 aromatic carbocycles. The molecule has 1 aromatic rings. The van der Waals surface area contributed by atoms with Crippen molar-refractivity contribution < 1.29 is 14.7 Å². The Hall–Kier alpha value is -1.88. The molecule has 0 spiro atoms. The number of aryl methyl sites for hydroxylation is 1. The summed E-state index contributed by atoms with van der Waals surface area (Å²) in [7, 11) is 0. The lowest BCUT2D eigenvalue weighted by molar-refractivity contribution is -0.126. The molecule has 5 heteroatoms. The van der Waals surface area contributed by atoms with Crippen LogP contribution in [0.25, 0.3) is 0 Å². The van der Waals surface area contributed by atoms with E-state index in [0.717, 1.165) is 24.8 Å². The van der Waals surface area contributed by atoms with Crippen LogP contribution in [0.4, 0.5) is 0 Å². The van der Waals surface area contributed by atoms with Crippen molar-refractivity contribution in [3.8, 4) is 0 Å². The van der Waals surface area contributed by atoms with E-state index >= 15 is 0 Å². The normalized spacial score (nSPS) is 19.0. The van der Waals surface area contributed by atoms with E-state index in [1.54, 1.807) is 4.90 Å². The van der Waals surface area contributed by atoms with Gasteiger partial charge >= 0.3 is 0 Å². The summed E-state index contributed by atoms with van der Waals surface area (Å²) in [4.78, 5) is 26.6. The van der Waals surface area contributed by atoms with Gasteiger partial charge in [0.1, 0.15) is 0 Å². The number of hydrogen-bond acceptors (Lipinski definition) is 3. The molecule has 2 amide bonds. The van der Waals surface area contributed by atoms with Crippen molar-refractivity contribution in [2.24, 2.45) is 5.92 Å². The summed E-state index contributed by atoms with van der Waals surface area (Å²) in [5.74, 6) is -0.271. The van der Waals surface area contributed by atoms with Gasteiger partial charge in [0, 0.05) is 25.2 Å². The third-order valence-electron chi connectivity index (χ3n) is 4.51. The fraction of sp³-hybridized carbons (Fsp3) is 0.579. The number of nitrogens with one attached hydrogen (secondary N) is 1. The Bertz CT molecular complexity index is 556. The van der Waals surface area contributed by atoms with Gasteiger partial charge in [-0.25, -0.2) is 0 Å². The lowest BCUT2D eigenvalue weighted by atomic mass is 9.96. The Kier molecular flexibility index (Phi) is 6.79. The van der Waals surface area contributed by atoms with E-state index in [0.29, 0.717) is 25.1 Å². The van der Waals surface area contributed by atoms with Crippen LogP contribution in [0, 0.1) is 12.8 Å². The molecule has 0 saturated carbocycles. The molecule has 1 aliphatic heterocycles. The van der Waals surface area contributed by atoms with Gasteiger partial charge in [-0.05, 0) is 38.3 Å². The molecule has 1 heterocycles. The van der Waals surface area contributed by atoms with E-state index in [1.807, 2.05) is 38.1 Å². The first-order valence-corrected chi connectivity index (χ1v) is 8.83. The number of piperidine rings is 1. The minimum atomic E-state index is -0.493. The van der Waals surface area contributed by atoms with Crippen LogP contribution in [-0.4, -0.2) is 47.6 Å². The fourth-order valence-electron chi connectivity index (χ4n) is 3.05. The molecular formula is C19H28N2O3. The molecule has 1 fully saturated rings. The van der Waals surface area contributed by atoms with Gasteiger partial charge in [0.25, 0.3) is 5.91 Å². The monoisotopic (exact) mass is 332 g/mol. The Labute approximate surface area is 144 Å². The topological polar surface area (TPSA) is 69.6 Å². The lowest BCUT2D eigenvalue weighted by Gasteiger charge is -2.32. The Morgan fingerprint density at radius 3 is 2.71 bits per heavy atom. The highest BCUT2D eigenvalue weighted by molar-refractivity contribution is 5.94. The number of aliphatic hydroxyl groups excluding tert-OH is 1. The first kappa shape index (κ1) is 18.5. The highest BCUT2D eigenvalue weighted by Gasteiger charge is 2.29. The number of amides is 2. The molecular weight excluding hydrogens is 304 g/mol. The predicted octanol–water partition coefficient (Wildman–Crippen LogP) is 2.12. The largest absolute Gasteiger partial charge is 0.391 e. The second-order valence-corrected chi connectivity index (χ2v) is 6.64. The van der Waals surface area contributed by atoms with Gasteiger partial charge in [-0.3, -0.25) is 9.59 Å². The van der Waals surface area contributed by atoms with Crippen molar-refractivity contribution >= 4 is 11.8 Å². The van der Waals surface area contributed by atoms with Gasteiger partial charge in [-0.1, -0.05) is 31.0 Å². The van der Waals surface area contributed by atoms with Crippen LogP contribution in [0.5, 0.6) is 0 Å². The van der Waals surface area contributed by atoms with Crippen LogP contribution in [0.1, 0.15) is 48.5 Å². The molecule has 0 aromatic heterocycles. The molecule has 1 saturated heterocycles. The summed E-state index contributed by atoms with van der Waals surface area (Å²) in [6.07, 6.45) is 2.69. The Morgan fingerprint density at radius 2 is 2.04 bits per heavy atom.